The van der Waals surface area contributed by atoms with E-state index in [2.05, 4.69) is 25.5 Å². The molecule has 0 unspecified atom stereocenters. The number of benzene rings is 1. The van der Waals surface area contributed by atoms with E-state index in [0.717, 1.165) is 31.6 Å². The van der Waals surface area contributed by atoms with Crippen LogP contribution in [0.1, 0.15) is 13.3 Å². The molecule has 3 heterocycles. The van der Waals surface area contributed by atoms with Gasteiger partial charge in [-0.25, -0.2) is 9.97 Å². The number of aromatic nitrogens is 4. The fourth-order valence-corrected chi connectivity index (χ4v) is 5.19. The van der Waals surface area contributed by atoms with Gasteiger partial charge in [-0.3, -0.25) is 4.79 Å². The highest BCUT2D eigenvalue weighted by Crippen LogP contribution is 2.37. The molecule has 27 heavy (non-hydrogen) atoms. The van der Waals surface area contributed by atoms with Crippen molar-refractivity contribution in [3.63, 3.8) is 0 Å². The molecule has 138 valence electrons. The van der Waals surface area contributed by atoms with Crippen LogP contribution < -0.4 is 5.32 Å². The van der Waals surface area contributed by atoms with Gasteiger partial charge in [-0.05, 0) is 30.3 Å². The van der Waals surface area contributed by atoms with E-state index in [-0.39, 0.29) is 5.91 Å². The molecule has 7 nitrogen and oxygen atoms in total. The second kappa shape index (κ2) is 8.24. The fourth-order valence-electron chi connectivity index (χ4n) is 2.40. The number of amides is 1. The van der Waals surface area contributed by atoms with E-state index in [1.165, 1.54) is 41.2 Å². The van der Waals surface area contributed by atoms with Gasteiger partial charge in [0.05, 0.1) is 5.75 Å². The maximum Gasteiger partial charge on any atom is 0.230 e. The van der Waals surface area contributed by atoms with E-state index in [0.29, 0.717) is 22.9 Å². The molecule has 3 aromatic heterocycles. The zero-order chi connectivity index (χ0) is 18.6. The van der Waals surface area contributed by atoms with Gasteiger partial charge in [-0.15, -0.1) is 10.2 Å². The first kappa shape index (κ1) is 18.2. The Labute approximate surface area is 167 Å². The molecule has 10 heteroatoms. The summed E-state index contributed by atoms with van der Waals surface area (Å²) in [6.45, 7) is 2.71. The van der Waals surface area contributed by atoms with Crippen LogP contribution in [0.3, 0.4) is 0 Å². The molecular formula is C17H15N5O2S3. The fraction of sp³-hybridized carbons (Fsp3) is 0.235. The average Bonchev–Trinajstić information content (AvgIpc) is 3.29. The first-order chi connectivity index (χ1) is 13.2. The third kappa shape index (κ3) is 4.07. The van der Waals surface area contributed by atoms with Gasteiger partial charge in [0.1, 0.15) is 22.5 Å². The second-order valence-electron chi connectivity index (χ2n) is 5.53. The van der Waals surface area contributed by atoms with Crippen molar-refractivity contribution < 1.29 is 9.21 Å². The highest BCUT2D eigenvalue weighted by molar-refractivity contribution is 8.03. The standard InChI is InChI=1S/C17H15N5O2S3/c1-2-7-18-12(23)8-25-16-21-22-17(27-16)26-15-14-13(19-9-20-15)10-5-3-4-6-11(10)24-14/h3-6,9H,2,7-8H2,1H3,(H,18,23). The van der Waals surface area contributed by atoms with Gasteiger partial charge >= 0.3 is 0 Å². The van der Waals surface area contributed by atoms with Gasteiger partial charge < -0.3 is 9.73 Å². The SMILES string of the molecule is CCCNC(=O)CSc1nnc(Sc2ncnc3c2oc2ccccc23)s1. The molecule has 0 saturated carbocycles. The summed E-state index contributed by atoms with van der Waals surface area (Å²) in [5, 5.41) is 12.8. The van der Waals surface area contributed by atoms with E-state index < -0.39 is 0 Å². The summed E-state index contributed by atoms with van der Waals surface area (Å²) in [4.78, 5) is 20.4. The van der Waals surface area contributed by atoms with E-state index in [1.54, 1.807) is 0 Å². The number of furan rings is 1. The largest absolute Gasteiger partial charge is 0.451 e. The lowest BCUT2D eigenvalue weighted by Gasteiger charge is -2.00. The van der Waals surface area contributed by atoms with Gasteiger partial charge in [0, 0.05) is 11.9 Å². The van der Waals surface area contributed by atoms with Gasteiger partial charge in [-0.1, -0.05) is 42.2 Å². The number of carbonyl (C=O) groups is 1. The van der Waals surface area contributed by atoms with Crippen LogP contribution in [-0.2, 0) is 4.79 Å². The topological polar surface area (TPSA) is 93.8 Å². The maximum absolute atomic E-state index is 11.7. The first-order valence-corrected chi connectivity index (χ1v) is 10.9. The molecule has 0 atom stereocenters. The number of nitrogens with zero attached hydrogens (tertiary/aromatic N) is 4. The maximum atomic E-state index is 11.7. The third-order valence-corrected chi connectivity index (χ3v) is 6.69. The Kier molecular flexibility index (Phi) is 5.55. The number of para-hydroxylation sites is 1. The highest BCUT2D eigenvalue weighted by atomic mass is 32.2. The van der Waals surface area contributed by atoms with Crippen molar-refractivity contribution in [2.24, 2.45) is 0 Å². The summed E-state index contributed by atoms with van der Waals surface area (Å²) in [6.07, 6.45) is 2.45. The first-order valence-electron chi connectivity index (χ1n) is 8.27. The molecule has 0 aliphatic rings. The molecule has 4 aromatic rings. The van der Waals surface area contributed by atoms with Crippen LogP contribution in [0.25, 0.3) is 22.1 Å². The smallest absolute Gasteiger partial charge is 0.230 e. The molecule has 0 bridgehead atoms. The number of thioether (sulfide) groups is 1. The van der Waals surface area contributed by atoms with Crippen LogP contribution >= 0.6 is 34.9 Å². The number of fused-ring (bicyclic) bond motifs is 3. The lowest BCUT2D eigenvalue weighted by atomic mass is 10.2. The summed E-state index contributed by atoms with van der Waals surface area (Å²) in [7, 11) is 0. The van der Waals surface area contributed by atoms with E-state index in [1.807, 2.05) is 31.2 Å². The molecule has 0 radical (unpaired) electrons. The number of hydrogen-bond donors (Lipinski definition) is 1. The Morgan fingerprint density at radius 1 is 1.22 bits per heavy atom. The van der Waals surface area contributed by atoms with Crippen molar-refractivity contribution in [3.05, 3.63) is 30.6 Å². The molecule has 0 fully saturated rings. The molecule has 1 amide bonds. The molecular weight excluding hydrogens is 402 g/mol. The minimum Gasteiger partial charge on any atom is -0.451 e. The zero-order valence-corrected chi connectivity index (χ0v) is 16.8. The third-order valence-electron chi connectivity index (χ3n) is 3.60. The molecule has 4 rings (SSSR count). The Morgan fingerprint density at radius 3 is 2.96 bits per heavy atom. The second-order valence-corrected chi connectivity index (χ2v) is 8.97. The van der Waals surface area contributed by atoms with Crippen molar-refractivity contribution in [1.82, 2.24) is 25.5 Å². The number of nitrogens with one attached hydrogen (secondary N) is 1. The number of hydrogen-bond acceptors (Lipinski definition) is 9. The summed E-state index contributed by atoms with van der Waals surface area (Å²) in [5.41, 5.74) is 2.21. The molecule has 0 aliphatic heterocycles. The molecule has 1 aromatic carbocycles. The lowest BCUT2D eigenvalue weighted by Crippen LogP contribution is -2.25. The Morgan fingerprint density at radius 2 is 2.07 bits per heavy atom. The Balaban J connectivity index is 1.50. The Bertz CT molecular complexity index is 1090. The molecule has 0 saturated heterocycles. The number of rotatable bonds is 7. The minimum atomic E-state index is 0.00559. The van der Waals surface area contributed by atoms with Crippen molar-refractivity contribution in [3.8, 4) is 0 Å². The van der Waals surface area contributed by atoms with E-state index >= 15 is 0 Å². The highest BCUT2D eigenvalue weighted by Gasteiger charge is 2.16. The summed E-state index contributed by atoms with van der Waals surface area (Å²) in [5.74, 6) is 0.340. The van der Waals surface area contributed by atoms with Gasteiger partial charge in [0.15, 0.2) is 14.3 Å². The molecule has 0 aliphatic carbocycles. The summed E-state index contributed by atoms with van der Waals surface area (Å²) in [6, 6.07) is 7.77. The van der Waals surface area contributed by atoms with E-state index in [4.69, 9.17) is 4.42 Å². The quantitative estimate of drug-likeness (QED) is 0.356. The van der Waals surface area contributed by atoms with Gasteiger partial charge in [-0.2, -0.15) is 0 Å². The average molecular weight is 418 g/mol. The van der Waals surface area contributed by atoms with Crippen LogP contribution in [0.4, 0.5) is 0 Å². The minimum absolute atomic E-state index is 0.00559. The molecule has 0 spiro atoms. The molecule has 1 N–H and O–H groups in total. The van der Waals surface area contributed by atoms with Crippen molar-refractivity contribution >= 4 is 62.8 Å². The monoisotopic (exact) mass is 417 g/mol. The van der Waals surface area contributed by atoms with Crippen LogP contribution in [0.5, 0.6) is 0 Å². The van der Waals surface area contributed by atoms with Gasteiger partial charge in [0.25, 0.3) is 0 Å². The predicted molar refractivity (Wildman–Crippen MR) is 107 cm³/mol. The predicted octanol–water partition coefficient (Wildman–Crippen LogP) is 4.00. The van der Waals surface area contributed by atoms with Crippen LogP contribution in [-0.4, -0.2) is 38.4 Å². The van der Waals surface area contributed by atoms with E-state index in [9.17, 15) is 4.79 Å². The van der Waals surface area contributed by atoms with Crippen molar-refractivity contribution in [2.75, 3.05) is 12.3 Å². The zero-order valence-electron chi connectivity index (χ0n) is 14.3. The van der Waals surface area contributed by atoms with Gasteiger partial charge in [0.2, 0.25) is 5.91 Å². The number of carbonyl (C=O) groups excluding carboxylic acids is 1. The summed E-state index contributed by atoms with van der Waals surface area (Å²) < 4.78 is 7.42. The van der Waals surface area contributed by atoms with Crippen molar-refractivity contribution in [2.45, 2.75) is 27.0 Å². The van der Waals surface area contributed by atoms with Crippen molar-refractivity contribution in [1.29, 1.82) is 0 Å². The summed E-state index contributed by atoms with van der Waals surface area (Å²) >= 11 is 4.20. The van der Waals surface area contributed by atoms with Crippen LogP contribution in [0, 0.1) is 0 Å². The lowest BCUT2D eigenvalue weighted by molar-refractivity contribution is -0.118. The Hall–Kier alpha value is -2.17. The van der Waals surface area contributed by atoms with Crippen LogP contribution in [0.2, 0.25) is 0 Å². The normalized spacial score (nSPS) is 11.3. The van der Waals surface area contributed by atoms with Crippen LogP contribution in [0.15, 0.2) is 48.7 Å².